The summed E-state index contributed by atoms with van der Waals surface area (Å²) in [7, 11) is 1.37. The fraction of sp³-hybridized carbons (Fsp3) is 0.524. The lowest BCUT2D eigenvalue weighted by Gasteiger charge is -2.32. The molecule has 2 saturated heterocycles. The van der Waals surface area contributed by atoms with E-state index in [9.17, 15) is 19.2 Å². The van der Waals surface area contributed by atoms with Crippen molar-refractivity contribution in [1.29, 1.82) is 0 Å². The van der Waals surface area contributed by atoms with Crippen LogP contribution in [0, 0.1) is 5.92 Å². The number of carbonyl (C=O) groups is 4. The topological polar surface area (TPSA) is 96.0 Å². The minimum absolute atomic E-state index is 0.0337. The summed E-state index contributed by atoms with van der Waals surface area (Å²) in [5, 5.41) is 2.63. The Kier molecular flexibility index (Phi) is 6.85. The Morgan fingerprint density at radius 1 is 1.10 bits per heavy atom. The Balaban J connectivity index is 1.46. The van der Waals surface area contributed by atoms with Gasteiger partial charge >= 0.3 is 12.0 Å². The third-order valence-electron chi connectivity index (χ3n) is 5.60. The normalized spacial score (nSPS) is 20.0. The maximum absolute atomic E-state index is 12.6. The number of urea groups is 1. The molecule has 3 rings (SSSR count). The van der Waals surface area contributed by atoms with Crippen molar-refractivity contribution >= 4 is 23.8 Å². The third kappa shape index (κ3) is 5.34. The first-order valence-electron chi connectivity index (χ1n) is 9.98. The first-order valence-corrected chi connectivity index (χ1v) is 9.98. The fourth-order valence-corrected chi connectivity index (χ4v) is 3.82. The van der Waals surface area contributed by atoms with Gasteiger partial charge in [-0.3, -0.25) is 19.3 Å². The monoisotopic (exact) mass is 401 g/mol. The van der Waals surface area contributed by atoms with E-state index in [-0.39, 0.29) is 36.7 Å². The summed E-state index contributed by atoms with van der Waals surface area (Å²) in [6.07, 6.45) is 2.37. The molecule has 156 valence electrons. The molecule has 29 heavy (non-hydrogen) atoms. The van der Waals surface area contributed by atoms with Crippen molar-refractivity contribution in [2.45, 2.75) is 38.1 Å². The molecule has 0 aliphatic carbocycles. The number of likely N-dealkylation sites (tertiary alicyclic amines) is 1. The molecule has 2 fully saturated rings. The van der Waals surface area contributed by atoms with Crippen molar-refractivity contribution in [2.24, 2.45) is 5.92 Å². The van der Waals surface area contributed by atoms with E-state index in [1.165, 1.54) is 12.0 Å². The van der Waals surface area contributed by atoms with Crippen LogP contribution in [-0.4, -0.2) is 66.4 Å². The smallest absolute Gasteiger partial charge is 0.324 e. The second-order valence-electron chi connectivity index (χ2n) is 7.54. The van der Waals surface area contributed by atoms with E-state index >= 15 is 0 Å². The van der Waals surface area contributed by atoms with Gasteiger partial charge in [0.05, 0.1) is 13.5 Å². The van der Waals surface area contributed by atoms with E-state index < -0.39 is 12.1 Å². The van der Waals surface area contributed by atoms with E-state index in [2.05, 4.69) is 5.32 Å². The number of hydrogen-bond donors (Lipinski definition) is 1. The lowest BCUT2D eigenvalue weighted by Crippen LogP contribution is -2.43. The number of rotatable bonds is 7. The average molecular weight is 401 g/mol. The molecule has 1 aromatic rings. The largest absolute Gasteiger partial charge is 0.469 e. The van der Waals surface area contributed by atoms with Gasteiger partial charge in [0, 0.05) is 26.1 Å². The summed E-state index contributed by atoms with van der Waals surface area (Å²) >= 11 is 0. The highest BCUT2D eigenvalue weighted by molar-refractivity contribution is 6.05. The molecule has 2 aliphatic rings. The molecular weight excluding hydrogens is 374 g/mol. The van der Waals surface area contributed by atoms with E-state index in [1.54, 1.807) is 4.90 Å². The molecule has 1 atom stereocenters. The highest BCUT2D eigenvalue weighted by Crippen LogP contribution is 2.22. The molecule has 2 heterocycles. The number of amides is 4. The summed E-state index contributed by atoms with van der Waals surface area (Å²) < 4.78 is 4.69. The number of hydrogen-bond acceptors (Lipinski definition) is 5. The van der Waals surface area contributed by atoms with Gasteiger partial charge < -0.3 is 15.0 Å². The van der Waals surface area contributed by atoms with Gasteiger partial charge in [0.2, 0.25) is 5.91 Å². The molecule has 1 N–H and O–H groups in total. The van der Waals surface area contributed by atoms with Crippen molar-refractivity contribution in [2.75, 3.05) is 26.7 Å². The van der Waals surface area contributed by atoms with Gasteiger partial charge in [-0.1, -0.05) is 30.3 Å². The fourth-order valence-electron chi connectivity index (χ4n) is 3.82. The van der Waals surface area contributed by atoms with E-state index in [0.29, 0.717) is 25.9 Å². The SMILES string of the molecule is COC(=O)CC1CCN(C(=O)C[C@H]2NC(=O)N(CCc3ccccc3)C2=O)CC1. The van der Waals surface area contributed by atoms with Gasteiger partial charge in [-0.05, 0) is 30.7 Å². The van der Waals surface area contributed by atoms with Crippen molar-refractivity contribution in [3.63, 3.8) is 0 Å². The third-order valence-corrected chi connectivity index (χ3v) is 5.60. The zero-order valence-corrected chi connectivity index (χ0v) is 16.6. The van der Waals surface area contributed by atoms with E-state index in [0.717, 1.165) is 18.4 Å². The number of nitrogens with zero attached hydrogens (tertiary/aromatic N) is 2. The number of esters is 1. The summed E-state index contributed by atoms with van der Waals surface area (Å²) in [6.45, 7) is 1.39. The van der Waals surface area contributed by atoms with Crippen molar-refractivity contribution in [1.82, 2.24) is 15.1 Å². The Labute approximate surface area is 170 Å². The Bertz CT molecular complexity index is 759. The van der Waals surface area contributed by atoms with Gasteiger partial charge in [-0.2, -0.15) is 0 Å². The molecule has 1 aromatic carbocycles. The second kappa shape index (κ2) is 9.54. The second-order valence-corrected chi connectivity index (χ2v) is 7.54. The molecule has 8 heteroatoms. The minimum atomic E-state index is -0.807. The van der Waals surface area contributed by atoms with Crippen molar-refractivity contribution < 1.29 is 23.9 Å². The molecule has 2 aliphatic heterocycles. The number of piperidine rings is 1. The first kappa shape index (κ1) is 20.8. The molecule has 4 amide bonds. The summed E-state index contributed by atoms with van der Waals surface area (Å²) in [5.74, 6) is -0.512. The lowest BCUT2D eigenvalue weighted by molar-refractivity contribution is -0.142. The van der Waals surface area contributed by atoms with Gasteiger partial charge in [0.15, 0.2) is 0 Å². The maximum atomic E-state index is 12.6. The molecular formula is C21H27N3O5. The Morgan fingerprint density at radius 3 is 2.45 bits per heavy atom. The van der Waals surface area contributed by atoms with Crippen LogP contribution in [0.2, 0.25) is 0 Å². The number of carbonyl (C=O) groups excluding carboxylic acids is 4. The standard InChI is InChI=1S/C21H27N3O5/c1-29-19(26)13-16-7-10-23(11-8-16)18(25)14-17-20(27)24(21(28)22-17)12-9-15-5-3-2-4-6-15/h2-6,16-17H,7-14H2,1H3,(H,22,28)/t17-/m1/s1. The molecule has 8 nitrogen and oxygen atoms in total. The number of methoxy groups -OCH3 is 1. The first-order chi connectivity index (χ1) is 14.0. The summed E-state index contributed by atoms with van der Waals surface area (Å²) in [5.41, 5.74) is 1.04. The van der Waals surface area contributed by atoms with Crippen LogP contribution < -0.4 is 5.32 Å². The Morgan fingerprint density at radius 2 is 1.79 bits per heavy atom. The highest BCUT2D eigenvalue weighted by atomic mass is 16.5. The zero-order valence-electron chi connectivity index (χ0n) is 16.6. The van der Waals surface area contributed by atoms with Crippen LogP contribution in [0.25, 0.3) is 0 Å². The zero-order chi connectivity index (χ0) is 20.8. The lowest BCUT2D eigenvalue weighted by atomic mass is 9.93. The summed E-state index contributed by atoms with van der Waals surface area (Å²) in [4.78, 5) is 51.6. The predicted octanol–water partition coefficient (Wildman–Crippen LogP) is 1.34. The molecule has 0 spiro atoms. The van der Waals surface area contributed by atoms with E-state index in [4.69, 9.17) is 4.74 Å². The van der Waals surface area contributed by atoms with Gasteiger partial charge in [0.1, 0.15) is 6.04 Å². The van der Waals surface area contributed by atoms with Crippen molar-refractivity contribution in [3.05, 3.63) is 35.9 Å². The molecule has 0 aromatic heterocycles. The van der Waals surface area contributed by atoms with Crippen LogP contribution in [0.1, 0.15) is 31.2 Å². The quantitative estimate of drug-likeness (QED) is 0.549. The summed E-state index contributed by atoms with van der Waals surface area (Å²) in [6, 6.07) is 8.39. The number of nitrogens with one attached hydrogen (secondary N) is 1. The predicted molar refractivity (Wildman–Crippen MR) is 105 cm³/mol. The number of imide groups is 1. The van der Waals surface area contributed by atoms with Gasteiger partial charge in [-0.15, -0.1) is 0 Å². The van der Waals surface area contributed by atoms with Gasteiger partial charge in [-0.25, -0.2) is 4.79 Å². The average Bonchev–Trinajstić information content (AvgIpc) is 3.00. The van der Waals surface area contributed by atoms with Crippen LogP contribution in [-0.2, 0) is 25.5 Å². The van der Waals surface area contributed by atoms with Gasteiger partial charge in [0.25, 0.3) is 5.91 Å². The molecule has 0 bridgehead atoms. The van der Waals surface area contributed by atoms with Crippen LogP contribution in [0.15, 0.2) is 30.3 Å². The minimum Gasteiger partial charge on any atom is -0.469 e. The highest BCUT2D eigenvalue weighted by Gasteiger charge is 2.39. The Hall–Kier alpha value is -2.90. The maximum Gasteiger partial charge on any atom is 0.324 e. The van der Waals surface area contributed by atoms with Crippen LogP contribution in [0.5, 0.6) is 0 Å². The van der Waals surface area contributed by atoms with Crippen LogP contribution in [0.3, 0.4) is 0 Å². The molecule has 0 saturated carbocycles. The van der Waals surface area contributed by atoms with Crippen LogP contribution >= 0.6 is 0 Å². The molecule has 0 unspecified atom stereocenters. The van der Waals surface area contributed by atoms with Crippen molar-refractivity contribution in [3.8, 4) is 0 Å². The molecule has 0 radical (unpaired) electrons. The number of ether oxygens (including phenoxy) is 1. The van der Waals surface area contributed by atoms with E-state index in [1.807, 2.05) is 30.3 Å². The van der Waals surface area contributed by atoms with Crippen LogP contribution in [0.4, 0.5) is 4.79 Å². The number of benzene rings is 1.